The maximum absolute atomic E-state index is 10.3. The van der Waals surface area contributed by atoms with Crippen molar-refractivity contribution in [3.05, 3.63) is 28.2 Å². The molecule has 0 bridgehead atoms. The average Bonchev–Trinajstić information content (AvgIpc) is 2.10. The van der Waals surface area contributed by atoms with E-state index in [2.05, 4.69) is 35.8 Å². The van der Waals surface area contributed by atoms with Gasteiger partial charge in [0.25, 0.3) is 0 Å². The van der Waals surface area contributed by atoms with Crippen LogP contribution in [-0.4, -0.2) is 11.5 Å². The number of benzene rings is 1. The van der Waals surface area contributed by atoms with Gasteiger partial charge in [0.1, 0.15) is 6.29 Å². The fourth-order valence-corrected chi connectivity index (χ4v) is 2.65. The summed E-state index contributed by atoms with van der Waals surface area (Å²) >= 11 is 5.33. The van der Waals surface area contributed by atoms with Crippen molar-refractivity contribution in [1.82, 2.24) is 0 Å². The molecule has 3 heteroatoms. The highest BCUT2D eigenvalue weighted by Crippen LogP contribution is 2.31. The van der Waals surface area contributed by atoms with Gasteiger partial charge in [0.05, 0.1) is 0 Å². The van der Waals surface area contributed by atoms with E-state index < -0.39 is 0 Å². The van der Waals surface area contributed by atoms with Gasteiger partial charge in [-0.1, -0.05) is 19.9 Å². The minimum atomic E-state index is 0.491. The van der Waals surface area contributed by atoms with Gasteiger partial charge >= 0.3 is 0 Å². The number of rotatable bonds is 4. The molecule has 1 nitrogen and oxygen atoms in total. The van der Waals surface area contributed by atoms with Crippen molar-refractivity contribution in [3.8, 4) is 0 Å². The van der Waals surface area contributed by atoms with E-state index in [1.165, 1.54) is 4.90 Å². The van der Waals surface area contributed by atoms with E-state index in [4.69, 9.17) is 0 Å². The molecular weight excluding hydrogens is 260 g/mol. The fourth-order valence-electron chi connectivity index (χ4n) is 1.12. The molecule has 0 spiro atoms. The van der Waals surface area contributed by atoms with Crippen molar-refractivity contribution < 1.29 is 4.79 Å². The molecule has 0 saturated carbocycles. The van der Waals surface area contributed by atoms with E-state index in [0.29, 0.717) is 11.7 Å². The van der Waals surface area contributed by atoms with Crippen molar-refractivity contribution in [2.75, 3.05) is 0 Å². The Morgan fingerprint density at radius 3 is 2.71 bits per heavy atom. The van der Waals surface area contributed by atoms with E-state index in [9.17, 15) is 4.79 Å². The quantitative estimate of drug-likeness (QED) is 0.614. The second kappa shape index (κ2) is 5.56. The maximum atomic E-state index is 10.3. The van der Waals surface area contributed by atoms with E-state index >= 15 is 0 Å². The van der Waals surface area contributed by atoms with Gasteiger partial charge in [0.15, 0.2) is 0 Å². The summed E-state index contributed by atoms with van der Waals surface area (Å²) in [4.78, 5) is 11.6. The number of hydrogen-bond donors (Lipinski definition) is 0. The molecule has 0 N–H and O–H groups in total. The van der Waals surface area contributed by atoms with Crippen molar-refractivity contribution in [2.24, 2.45) is 0 Å². The smallest absolute Gasteiger partial charge is 0.124 e. The van der Waals surface area contributed by atoms with E-state index in [0.717, 1.165) is 16.3 Å². The minimum absolute atomic E-state index is 0.491. The Balaban J connectivity index is 2.83. The summed E-state index contributed by atoms with van der Waals surface area (Å²) in [5, 5.41) is 0.572. The van der Waals surface area contributed by atoms with Crippen LogP contribution in [0, 0.1) is 0 Å². The molecule has 0 saturated heterocycles. The first-order valence-electron chi connectivity index (χ1n) is 4.52. The summed E-state index contributed by atoms with van der Waals surface area (Å²) in [5.74, 6) is 0. The average molecular weight is 273 g/mol. The van der Waals surface area contributed by atoms with Crippen LogP contribution >= 0.6 is 27.7 Å². The van der Waals surface area contributed by atoms with Crippen LogP contribution in [0.5, 0.6) is 0 Å². The fraction of sp³-hybridized carbons (Fsp3) is 0.364. The third kappa shape index (κ3) is 3.46. The second-order valence-corrected chi connectivity index (χ2v) is 5.77. The van der Waals surface area contributed by atoms with E-state index in [1.54, 1.807) is 0 Å². The molecular formula is C11H13BrOS. The normalized spacial score (nSPS) is 10.6. The highest BCUT2D eigenvalue weighted by atomic mass is 79.9. The first kappa shape index (κ1) is 11.8. The Morgan fingerprint density at radius 2 is 2.21 bits per heavy atom. The van der Waals surface area contributed by atoms with Gasteiger partial charge in [0.2, 0.25) is 0 Å². The molecule has 0 atom stereocenters. The predicted octanol–water partition coefficient (Wildman–Crippen LogP) is 3.69. The van der Waals surface area contributed by atoms with Crippen LogP contribution in [-0.2, 0) is 11.2 Å². The summed E-state index contributed by atoms with van der Waals surface area (Å²) in [6.07, 6.45) is 1.42. The maximum Gasteiger partial charge on any atom is 0.124 e. The first-order valence-corrected chi connectivity index (χ1v) is 6.19. The second-order valence-electron chi connectivity index (χ2n) is 3.30. The lowest BCUT2D eigenvalue weighted by molar-refractivity contribution is -0.107. The monoisotopic (exact) mass is 272 g/mol. The zero-order valence-electron chi connectivity index (χ0n) is 8.29. The minimum Gasteiger partial charge on any atom is -0.303 e. The van der Waals surface area contributed by atoms with Crippen molar-refractivity contribution in [2.45, 2.75) is 30.4 Å². The van der Waals surface area contributed by atoms with Crippen molar-refractivity contribution in [1.29, 1.82) is 0 Å². The number of carbonyl (C=O) groups excluding carboxylic acids is 1. The number of hydrogen-bond acceptors (Lipinski definition) is 2. The summed E-state index contributed by atoms with van der Waals surface area (Å²) in [5.41, 5.74) is 1.06. The van der Waals surface area contributed by atoms with Crippen LogP contribution in [0.15, 0.2) is 27.6 Å². The predicted molar refractivity (Wildman–Crippen MR) is 64.9 cm³/mol. The molecule has 0 aliphatic rings. The lowest BCUT2D eigenvalue weighted by Crippen LogP contribution is -1.90. The van der Waals surface area contributed by atoms with Crippen LogP contribution < -0.4 is 0 Å². The molecule has 14 heavy (non-hydrogen) atoms. The molecule has 0 aliphatic carbocycles. The Labute approximate surface area is 97.4 Å². The zero-order valence-corrected chi connectivity index (χ0v) is 10.7. The zero-order chi connectivity index (χ0) is 10.6. The van der Waals surface area contributed by atoms with Gasteiger partial charge in [-0.3, -0.25) is 0 Å². The first-order chi connectivity index (χ1) is 6.63. The molecule has 1 rings (SSSR count). The van der Waals surface area contributed by atoms with Gasteiger partial charge in [-0.2, -0.15) is 0 Å². The molecule has 0 radical (unpaired) electrons. The van der Waals surface area contributed by atoms with Gasteiger partial charge in [-0.25, -0.2) is 0 Å². The summed E-state index contributed by atoms with van der Waals surface area (Å²) in [6.45, 7) is 4.33. The number of halogens is 1. The lowest BCUT2D eigenvalue weighted by Gasteiger charge is -2.08. The molecule has 1 aromatic rings. The Morgan fingerprint density at radius 1 is 1.50 bits per heavy atom. The van der Waals surface area contributed by atoms with Crippen molar-refractivity contribution >= 4 is 34.0 Å². The molecule has 0 aliphatic heterocycles. The number of carbonyl (C=O) groups is 1. The van der Waals surface area contributed by atoms with Crippen LogP contribution in [0.3, 0.4) is 0 Å². The van der Waals surface area contributed by atoms with Gasteiger partial charge < -0.3 is 4.79 Å². The standard InChI is InChI=1S/C11H13BrOS/c1-8(2)14-11-4-3-9(5-6-13)7-10(11)12/h3-4,6-8H,5H2,1-2H3. The highest BCUT2D eigenvalue weighted by Gasteiger charge is 2.04. The largest absolute Gasteiger partial charge is 0.303 e. The van der Waals surface area contributed by atoms with Crippen LogP contribution in [0.1, 0.15) is 19.4 Å². The Bertz CT molecular complexity index is 323. The van der Waals surface area contributed by atoms with Gasteiger partial charge in [-0.05, 0) is 33.6 Å². The molecule has 76 valence electrons. The summed E-state index contributed by atoms with van der Waals surface area (Å²) in [7, 11) is 0. The Hall–Kier alpha value is -0.280. The molecule has 0 amide bonds. The number of thioether (sulfide) groups is 1. The highest BCUT2D eigenvalue weighted by molar-refractivity contribution is 9.10. The van der Waals surface area contributed by atoms with Crippen molar-refractivity contribution in [3.63, 3.8) is 0 Å². The number of aldehydes is 1. The third-order valence-corrected chi connectivity index (χ3v) is 3.68. The van der Waals surface area contributed by atoms with Gasteiger partial charge in [-0.15, -0.1) is 11.8 Å². The van der Waals surface area contributed by atoms with Gasteiger partial charge in [0, 0.05) is 21.0 Å². The topological polar surface area (TPSA) is 17.1 Å². The molecule has 0 aromatic heterocycles. The van der Waals surface area contributed by atoms with Crippen LogP contribution in [0.25, 0.3) is 0 Å². The third-order valence-electron chi connectivity index (χ3n) is 1.68. The van der Waals surface area contributed by atoms with E-state index in [1.807, 2.05) is 23.9 Å². The van der Waals surface area contributed by atoms with Crippen LogP contribution in [0.2, 0.25) is 0 Å². The lowest BCUT2D eigenvalue weighted by atomic mass is 10.2. The van der Waals surface area contributed by atoms with Crippen LogP contribution in [0.4, 0.5) is 0 Å². The van der Waals surface area contributed by atoms with E-state index in [-0.39, 0.29) is 0 Å². The molecule has 0 heterocycles. The SMILES string of the molecule is CC(C)Sc1ccc(CC=O)cc1Br. The molecule has 0 fully saturated rings. The Kier molecular flexibility index (Phi) is 4.69. The summed E-state index contributed by atoms with van der Waals surface area (Å²) in [6, 6.07) is 6.08. The molecule has 0 unspecified atom stereocenters. The molecule has 1 aromatic carbocycles. The summed E-state index contributed by atoms with van der Waals surface area (Å²) < 4.78 is 1.08.